The van der Waals surface area contributed by atoms with Crippen LogP contribution in [-0.4, -0.2) is 22.2 Å². The summed E-state index contributed by atoms with van der Waals surface area (Å²) in [4.78, 5) is 24.1. The van der Waals surface area contributed by atoms with Crippen molar-refractivity contribution in [2.45, 2.75) is 91.9 Å². The van der Waals surface area contributed by atoms with Crippen LogP contribution in [0.25, 0.3) is 0 Å². The van der Waals surface area contributed by atoms with Gasteiger partial charge in [-0.2, -0.15) is 0 Å². The molecular formula is C24H38O4. The maximum atomic E-state index is 12.0. The van der Waals surface area contributed by atoms with Gasteiger partial charge in [0.2, 0.25) is 0 Å². The summed E-state index contributed by atoms with van der Waals surface area (Å²) < 4.78 is 0. The molecule has 1 rings (SSSR count). The lowest BCUT2D eigenvalue weighted by Crippen LogP contribution is -2.18. The molecule has 28 heavy (non-hydrogen) atoms. The van der Waals surface area contributed by atoms with E-state index < -0.39 is 11.9 Å². The fourth-order valence-electron chi connectivity index (χ4n) is 4.03. The number of unbranched alkanes of at least 4 members (excludes halogenated alkanes) is 2. The van der Waals surface area contributed by atoms with Gasteiger partial charge in [-0.05, 0) is 35.8 Å². The van der Waals surface area contributed by atoms with Crippen LogP contribution < -0.4 is 0 Å². The maximum absolute atomic E-state index is 12.0. The number of carboxylic acid groups (broad SMARTS) is 2. The molecule has 0 spiro atoms. The van der Waals surface area contributed by atoms with E-state index in [4.69, 9.17) is 0 Å². The van der Waals surface area contributed by atoms with Gasteiger partial charge in [0.05, 0.1) is 11.1 Å². The highest BCUT2D eigenvalue weighted by Gasteiger charge is 2.26. The Morgan fingerprint density at radius 1 is 0.750 bits per heavy atom. The molecule has 2 atom stereocenters. The molecule has 0 amide bonds. The molecule has 0 aliphatic rings. The second-order valence-corrected chi connectivity index (χ2v) is 7.99. The number of carboxylic acids is 2. The molecule has 0 bridgehead atoms. The minimum atomic E-state index is -1.12. The SMILES string of the molecule is CCCCC(CC)Cc1ccc(CC(CC)CCCC)c(C(=O)O)c1C(=O)O. The fourth-order valence-corrected chi connectivity index (χ4v) is 4.03. The highest BCUT2D eigenvalue weighted by atomic mass is 16.4. The van der Waals surface area contributed by atoms with Crippen LogP contribution in [0.2, 0.25) is 0 Å². The zero-order valence-electron chi connectivity index (χ0n) is 18.1. The topological polar surface area (TPSA) is 74.6 Å². The molecule has 2 unspecified atom stereocenters. The minimum absolute atomic E-state index is 0.00490. The van der Waals surface area contributed by atoms with E-state index in [1.165, 1.54) is 0 Å². The quantitative estimate of drug-likeness (QED) is 0.375. The zero-order chi connectivity index (χ0) is 21.1. The van der Waals surface area contributed by atoms with E-state index in [-0.39, 0.29) is 11.1 Å². The first kappa shape index (κ1) is 24.2. The van der Waals surface area contributed by atoms with Gasteiger partial charge < -0.3 is 10.2 Å². The fraction of sp³-hybridized carbons (Fsp3) is 0.667. The van der Waals surface area contributed by atoms with Gasteiger partial charge in [0.15, 0.2) is 0 Å². The third-order valence-electron chi connectivity index (χ3n) is 5.91. The Hall–Kier alpha value is -1.84. The van der Waals surface area contributed by atoms with Crippen LogP contribution in [0.4, 0.5) is 0 Å². The van der Waals surface area contributed by atoms with Gasteiger partial charge in [-0.25, -0.2) is 9.59 Å². The van der Waals surface area contributed by atoms with E-state index in [2.05, 4.69) is 27.7 Å². The van der Waals surface area contributed by atoms with Crippen molar-refractivity contribution >= 4 is 11.9 Å². The Morgan fingerprint density at radius 3 is 1.36 bits per heavy atom. The Labute approximate surface area is 170 Å². The van der Waals surface area contributed by atoms with Crippen molar-refractivity contribution < 1.29 is 19.8 Å². The molecule has 0 radical (unpaired) electrons. The number of hydrogen-bond acceptors (Lipinski definition) is 2. The summed E-state index contributed by atoms with van der Waals surface area (Å²) in [6.45, 7) is 8.53. The third-order valence-corrected chi connectivity index (χ3v) is 5.91. The predicted molar refractivity (Wildman–Crippen MR) is 114 cm³/mol. The molecule has 0 aliphatic heterocycles. The number of carbonyl (C=O) groups is 2. The summed E-state index contributed by atoms with van der Waals surface area (Å²) in [6, 6.07) is 3.73. The van der Waals surface area contributed by atoms with Crippen LogP contribution in [0, 0.1) is 11.8 Å². The van der Waals surface area contributed by atoms with Crippen LogP contribution in [0.3, 0.4) is 0 Å². The highest BCUT2D eigenvalue weighted by Crippen LogP contribution is 2.28. The van der Waals surface area contributed by atoms with Crippen LogP contribution in [-0.2, 0) is 12.8 Å². The lowest BCUT2D eigenvalue weighted by molar-refractivity contribution is 0.0649. The lowest BCUT2D eigenvalue weighted by Gasteiger charge is -2.20. The number of hydrogen-bond donors (Lipinski definition) is 2. The van der Waals surface area contributed by atoms with E-state index in [1.807, 2.05) is 12.1 Å². The minimum Gasteiger partial charge on any atom is -0.478 e. The lowest BCUT2D eigenvalue weighted by atomic mass is 9.84. The smallest absolute Gasteiger partial charge is 0.336 e. The van der Waals surface area contributed by atoms with Gasteiger partial charge in [-0.1, -0.05) is 91.2 Å². The highest BCUT2D eigenvalue weighted by molar-refractivity contribution is 6.03. The van der Waals surface area contributed by atoms with Gasteiger partial charge in [-0.15, -0.1) is 0 Å². The number of aromatic carboxylic acids is 2. The van der Waals surface area contributed by atoms with Crippen molar-refractivity contribution in [1.29, 1.82) is 0 Å². The van der Waals surface area contributed by atoms with Crippen molar-refractivity contribution in [2.24, 2.45) is 11.8 Å². The molecule has 1 aromatic rings. The summed E-state index contributed by atoms with van der Waals surface area (Å²) >= 11 is 0. The van der Waals surface area contributed by atoms with Gasteiger partial charge in [0, 0.05) is 0 Å². The Kier molecular flexibility index (Phi) is 10.9. The van der Waals surface area contributed by atoms with Gasteiger partial charge in [-0.3, -0.25) is 0 Å². The van der Waals surface area contributed by atoms with Crippen molar-refractivity contribution in [3.63, 3.8) is 0 Å². The normalized spacial score (nSPS) is 13.3. The Bertz CT molecular complexity index is 581. The van der Waals surface area contributed by atoms with Crippen LogP contribution in [0.1, 0.15) is 111 Å². The maximum Gasteiger partial charge on any atom is 0.336 e. The molecule has 2 N–H and O–H groups in total. The van der Waals surface area contributed by atoms with E-state index in [1.54, 1.807) is 0 Å². The Morgan fingerprint density at radius 2 is 1.11 bits per heavy atom. The second kappa shape index (κ2) is 12.6. The average Bonchev–Trinajstić information content (AvgIpc) is 2.67. The summed E-state index contributed by atoms with van der Waals surface area (Å²) in [6.07, 6.45) is 9.74. The van der Waals surface area contributed by atoms with Gasteiger partial charge >= 0.3 is 11.9 Å². The zero-order valence-corrected chi connectivity index (χ0v) is 18.1. The van der Waals surface area contributed by atoms with Crippen molar-refractivity contribution in [2.75, 3.05) is 0 Å². The van der Waals surface area contributed by atoms with Gasteiger partial charge in [0.1, 0.15) is 0 Å². The molecule has 4 heteroatoms. The molecule has 0 heterocycles. The average molecular weight is 391 g/mol. The molecule has 158 valence electrons. The number of rotatable bonds is 14. The summed E-state index contributed by atoms with van der Waals surface area (Å²) in [5, 5.41) is 19.7. The first-order valence-electron chi connectivity index (χ1n) is 11.0. The molecule has 0 aromatic heterocycles. The molecule has 4 nitrogen and oxygen atoms in total. The monoisotopic (exact) mass is 390 g/mol. The van der Waals surface area contributed by atoms with Crippen molar-refractivity contribution in [3.8, 4) is 0 Å². The first-order valence-corrected chi connectivity index (χ1v) is 11.0. The van der Waals surface area contributed by atoms with E-state index >= 15 is 0 Å². The predicted octanol–water partition coefficient (Wildman–Crippen LogP) is 6.60. The summed E-state index contributed by atoms with van der Waals surface area (Å²) in [5.74, 6) is -1.47. The summed E-state index contributed by atoms with van der Waals surface area (Å²) in [5.41, 5.74) is 1.34. The van der Waals surface area contributed by atoms with E-state index in [9.17, 15) is 19.8 Å². The van der Waals surface area contributed by atoms with E-state index in [0.717, 1.165) is 51.4 Å². The standard InChI is InChI=1S/C24H38O4/c1-5-9-11-17(7-3)15-19-13-14-20(16-18(8-4)12-10-6-2)22(24(27)28)21(19)23(25)26/h13-14,17-18H,5-12,15-16H2,1-4H3,(H,25,26)(H,27,28). The third kappa shape index (κ3) is 6.96. The summed E-state index contributed by atoms with van der Waals surface area (Å²) in [7, 11) is 0. The van der Waals surface area contributed by atoms with Crippen LogP contribution >= 0.6 is 0 Å². The van der Waals surface area contributed by atoms with Gasteiger partial charge in [0.25, 0.3) is 0 Å². The van der Waals surface area contributed by atoms with Crippen molar-refractivity contribution in [3.05, 3.63) is 34.4 Å². The molecule has 1 aromatic carbocycles. The Balaban J connectivity index is 3.29. The van der Waals surface area contributed by atoms with Crippen LogP contribution in [0.15, 0.2) is 12.1 Å². The molecule has 0 fully saturated rings. The molecule has 0 saturated carbocycles. The molecule has 0 aliphatic carbocycles. The number of benzene rings is 1. The molecule has 0 saturated heterocycles. The first-order chi connectivity index (χ1) is 13.4. The van der Waals surface area contributed by atoms with Crippen LogP contribution in [0.5, 0.6) is 0 Å². The van der Waals surface area contributed by atoms with Crippen molar-refractivity contribution in [1.82, 2.24) is 0 Å². The second-order valence-electron chi connectivity index (χ2n) is 7.99. The van der Waals surface area contributed by atoms with E-state index in [0.29, 0.717) is 35.8 Å². The molecular weight excluding hydrogens is 352 g/mol. The largest absolute Gasteiger partial charge is 0.478 e.